The van der Waals surface area contributed by atoms with Gasteiger partial charge in [0.1, 0.15) is 0 Å². The van der Waals surface area contributed by atoms with E-state index in [0.717, 1.165) is 49.2 Å². The van der Waals surface area contributed by atoms with Crippen molar-refractivity contribution >= 4 is 5.95 Å². The Morgan fingerprint density at radius 3 is 2.60 bits per heavy atom. The van der Waals surface area contributed by atoms with Gasteiger partial charge in [-0.1, -0.05) is 12.1 Å². The number of ether oxygens (including phenoxy) is 1. The fourth-order valence-corrected chi connectivity index (χ4v) is 3.69. The number of nitrogens with zero attached hydrogens (tertiary/aromatic N) is 4. The summed E-state index contributed by atoms with van der Waals surface area (Å²) in [5, 5.41) is 13.3. The summed E-state index contributed by atoms with van der Waals surface area (Å²) in [7, 11) is 0. The molecule has 1 aliphatic heterocycles. The van der Waals surface area contributed by atoms with E-state index in [1.165, 1.54) is 0 Å². The molecule has 0 spiro atoms. The summed E-state index contributed by atoms with van der Waals surface area (Å²) >= 11 is 0. The molecule has 7 heteroatoms. The number of benzene rings is 1. The van der Waals surface area contributed by atoms with Crippen LogP contribution in [0.25, 0.3) is 11.1 Å². The lowest BCUT2D eigenvalue weighted by molar-refractivity contribution is 0.210. The summed E-state index contributed by atoms with van der Waals surface area (Å²) in [5.74, 6) is 1.41. The van der Waals surface area contributed by atoms with Gasteiger partial charge in [0.05, 0.1) is 6.61 Å². The summed E-state index contributed by atoms with van der Waals surface area (Å²) in [6, 6.07) is 9.87. The third kappa shape index (κ3) is 5.04. The smallest absolute Gasteiger partial charge is 0.222 e. The summed E-state index contributed by atoms with van der Waals surface area (Å²) in [6.07, 6.45) is 9.30. The molecule has 2 N–H and O–H groups in total. The molecular weight excluding hydrogens is 378 g/mol. The second-order valence-corrected chi connectivity index (χ2v) is 7.47. The van der Waals surface area contributed by atoms with Gasteiger partial charge in [-0.25, -0.2) is 9.97 Å². The molecule has 156 valence electrons. The predicted octanol–water partition coefficient (Wildman–Crippen LogP) is 3.72. The summed E-state index contributed by atoms with van der Waals surface area (Å²) in [6.45, 7) is 5.30. The van der Waals surface area contributed by atoms with Crippen LogP contribution < -0.4 is 10.1 Å². The number of hydrogen-bond acceptors (Lipinski definition) is 7. The van der Waals surface area contributed by atoms with E-state index in [2.05, 4.69) is 25.2 Å². The Labute approximate surface area is 176 Å². The van der Waals surface area contributed by atoms with Crippen molar-refractivity contribution in [3.63, 3.8) is 0 Å². The van der Waals surface area contributed by atoms with Crippen molar-refractivity contribution in [3.8, 4) is 22.6 Å². The highest BCUT2D eigenvalue weighted by atomic mass is 16.5. The standard InChI is InChI=1S/C23H27N5O2/c1-2-30-22-12-17(5-6-21(22)29)16-28-10-7-20(8-11-28)27-23-25-14-19(15-26-23)18-4-3-9-24-13-18/h3-6,9,12-15,20,29H,2,7-8,10-11,16H2,1H3,(H,25,26,27). The minimum Gasteiger partial charge on any atom is -0.504 e. The van der Waals surface area contributed by atoms with Crippen molar-refractivity contribution < 1.29 is 9.84 Å². The summed E-state index contributed by atoms with van der Waals surface area (Å²) < 4.78 is 5.49. The highest BCUT2D eigenvalue weighted by Gasteiger charge is 2.20. The molecular formula is C23H27N5O2. The molecule has 0 radical (unpaired) electrons. The third-order valence-corrected chi connectivity index (χ3v) is 5.30. The first-order chi connectivity index (χ1) is 14.7. The lowest BCUT2D eigenvalue weighted by atomic mass is 10.0. The fraction of sp³-hybridized carbons (Fsp3) is 0.348. The van der Waals surface area contributed by atoms with Gasteiger partial charge in [-0.2, -0.15) is 0 Å². The van der Waals surface area contributed by atoms with Crippen molar-refractivity contribution in [2.45, 2.75) is 32.4 Å². The molecule has 1 fully saturated rings. The van der Waals surface area contributed by atoms with Crippen LogP contribution >= 0.6 is 0 Å². The first-order valence-electron chi connectivity index (χ1n) is 10.4. The van der Waals surface area contributed by atoms with Gasteiger partial charge in [0.15, 0.2) is 11.5 Å². The van der Waals surface area contributed by atoms with Crippen LogP contribution in [0.2, 0.25) is 0 Å². The molecule has 3 aromatic rings. The number of pyridine rings is 1. The van der Waals surface area contributed by atoms with Crippen molar-refractivity contribution in [1.29, 1.82) is 0 Å². The zero-order chi connectivity index (χ0) is 20.8. The molecule has 0 amide bonds. The molecule has 7 nitrogen and oxygen atoms in total. The van der Waals surface area contributed by atoms with E-state index in [4.69, 9.17) is 4.74 Å². The summed E-state index contributed by atoms with van der Waals surface area (Å²) in [5.41, 5.74) is 3.12. The van der Waals surface area contributed by atoms with Gasteiger partial charge in [-0.3, -0.25) is 9.88 Å². The first-order valence-corrected chi connectivity index (χ1v) is 10.4. The number of phenolic OH excluding ortho intramolecular Hbond substituents is 1. The van der Waals surface area contributed by atoms with Crippen LogP contribution in [0, 0.1) is 0 Å². The van der Waals surface area contributed by atoms with E-state index in [0.29, 0.717) is 24.3 Å². The van der Waals surface area contributed by atoms with Crippen LogP contribution in [-0.2, 0) is 6.54 Å². The fourth-order valence-electron chi connectivity index (χ4n) is 3.69. The van der Waals surface area contributed by atoms with Crippen LogP contribution in [0.1, 0.15) is 25.3 Å². The largest absolute Gasteiger partial charge is 0.504 e. The zero-order valence-corrected chi connectivity index (χ0v) is 17.2. The maximum absolute atomic E-state index is 9.87. The van der Waals surface area contributed by atoms with E-state index < -0.39 is 0 Å². The number of hydrogen-bond donors (Lipinski definition) is 2. The van der Waals surface area contributed by atoms with E-state index in [-0.39, 0.29) is 5.75 Å². The van der Waals surface area contributed by atoms with Gasteiger partial charge in [0, 0.05) is 61.6 Å². The Kier molecular flexibility index (Phi) is 6.39. The molecule has 1 aromatic carbocycles. The molecule has 0 unspecified atom stereocenters. The number of aromatic nitrogens is 3. The van der Waals surface area contributed by atoms with Crippen LogP contribution in [-0.4, -0.2) is 50.7 Å². The number of nitrogens with one attached hydrogen (secondary N) is 1. The molecule has 0 aliphatic carbocycles. The summed E-state index contributed by atoms with van der Waals surface area (Å²) in [4.78, 5) is 15.5. The van der Waals surface area contributed by atoms with Gasteiger partial charge in [0.2, 0.25) is 5.95 Å². The molecule has 0 bridgehead atoms. The zero-order valence-electron chi connectivity index (χ0n) is 17.2. The highest BCUT2D eigenvalue weighted by Crippen LogP contribution is 2.28. The number of likely N-dealkylation sites (tertiary alicyclic amines) is 1. The van der Waals surface area contributed by atoms with Gasteiger partial charge in [-0.05, 0) is 43.5 Å². The lowest BCUT2D eigenvalue weighted by Gasteiger charge is -2.32. The highest BCUT2D eigenvalue weighted by molar-refractivity contribution is 5.60. The van der Waals surface area contributed by atoms with E-state index in [1.54, 1.807) is 12.3 Å². The number of piperidine rings is 1. The minimum absolute atomic E-state index is 0.193. The predicted molar refractivity (Wildman–Crippen MR) is 116 cm³/mol. The Bertz CT molecular complexity index is 942. The van der Waals surface area contributed by atoms with Gasteiger partial charge < -0.3 is 15.2 Å². The van der Waals surface area contributed by atoms with Crippen molar-refractivity contribution in [2.75, 3.05) is 25.0 Å². The minimum atomic E-state index is 0.193. The molecule has 4 rings (SSSR count). The topological polar surface area (TPSA) is 83.4 Å². The van der Waals surface area contributed by atoms with Gasteiger partial charge in [-0.15, -0.1) is 0 Å². The molecule has 3 heterocycles. The Morgan fingerprint density at radius 1 is 1.10 bits per heavy atom. The molecule has 0 atom stereocenters. The quantitative estimate of drug-likeness (QED) is 0.620. The molecule has 2 aromatic heterocycles. The van der Waals surface area contributed by atoms with Crippen molar-refractivity contribution in [1.82, 2.24) is 19.9 Å². The lowest BCUT2D eigenvalue weighted by Crippen LogP contribution is -2.38. The molecule has 1 aliphatic rings. The van der Waals surface area contributed by atoms with Gasteiger partial charge in [0.25, 0.3) is 0 Å². The maximum atomic E-state index is 9.87. The average molecular weight is 406 g/mol. The number of anilines is 1. The maximum Gasteiger partial charge on any atom is 0.222 e. The van der Waals surface area contributed by atoms with Crippen LogP contribution in [0.5, 0.6) is 11.5 Å². The molecule has 1 saturated heterocycles. The normalized spacial score (nSPS) is 15.1. The molecule has 0 saturated carbocycles. The number of rotatable bonds is 7. The third-order valence-electron chi connectivity index (χ3n) is 5.30. The number of phenols is 1. The molecule has 30 heavy (non-hydrogen) atoms. The Balaban J connectivity index is 1.28. The second kappa shape index (κ2) is 9.54. The second-order valence-electron chi connectivity index (χ2n) is 7.47. The van der Waals surface area contributed by atoms with Crippen LogP contribution in [0.3, 0.4) is 0 Å². The van der Waals surface area contributed by atoms with Crippen molar-refractivity contribution in [3.05, 3.63) is 60.7 Å². The van der Waals surface area contributed by atoms with E-state index in [1.807, 2.05) is 49.8 Å². The monoisotopic (exact) mass is 405 g/mol. The SMILES string of the molecule is CCOc1cc(CN2CCC(Nc3ncc(-c4cccnc4)cn3)CC2)ccc1O. The van der Waals surface area contributed by atoms with Gasteiger partial charge >= 0.3 is 0 Å². The van der Waals surface area contributed by atoms with Crippen LogP contribution in [0.15, 0.2) is 55.1 Å². The first kappa shape index (κ1) is 20.1. The van der Waals surface area contributed by atoms with Crippen LogP contribution in [0.4, 0.5) is 5.95 Å². The van der Waals surface area contributed by atoms with E-state index >= 15 is 0 Å². The number of aromatic hydroxyl groups is 1. The Hall–Kier alpha value is -3.19. The van der Waals surface area contributed by atoms with Crippen molar-refractivity contribution in [2.24, 2.45) is 0 Å². The average Bonchev–Trinajstić information content (AvgIpc) is 2.79. The Morgan fingerprint density at radius 2 is 1.90 bits per heavy atom. The van der Waals surface area contributed by atoms with E-state index in [9.17, 15) is 5.11 Å².